The molecule has 2 atom stereocenters. The SMILES string of the molecule is CC(C)(O)[C@H]1CCCN1C(=O)N[C@@H](c1ccccc1)c1ccco1. The van der Waals surface area contributed by atoms with Crippen LogP contribution in [-0.4, -0.2) is 34.2 Å². The van der Waals surface area contributed by atoms with Gasteiger partial charge in [-0.25, -0.2) is 4.79 Å². The topological polar surface area (TPSA) is 65.7 Å². The second kappa shape index (κ2) is 6.69. The Hall–Kier alpha value is -2.27. The van der Waals surface area contributed by atoms with E-state index >= 15 is 0 Å². The number of benzene rings is 1. The van der Waals surface area contributed by atoms with E-state index in [2.05, 4.69) is 5.32 Å². The molecular weight excluding hydrogens is 304 g/mol. The number of aliphatic hydroxyl groups is 1. The van der Waals surface area contributed by atoms with Crippen molar-refractivity contribution in [2.75, 3.05) is 6.54 Å². The molecule has 5 nitrogen and oxygen atoms in total. The molecule has 5 heteroatoms. The molecule has 0 aliphatic carbocycles. The summed E-state index contributed by atoms with van der Waals surface area (Å²) in [5.41, 5.74) is 0.0422. The highest BCUT2D eigenvalue weighted by Gasteiger charge is 2.39. The van der Waals surface area contributed by atoms with E-state index in [1.54, 1.807) is 25.0 Å². The number of rotatable bonds is 4. The van der Waals surface area contributed by atoms with Gasteiger partial charge in [-0.2, -0.15) is 0 Å². The molecule has 1 fully saturated rings. The number of urea groups is 1. The Bertz CT molecular complexity index is 662. The zero-order valence-electron chi connectivity index (χ0n) is 14.1. The molecule has 1 aliphatic heterocycles. The van der Waals surface area contributed by atoms with Crippen molar-refractivity contribution < 1.29 is 14.3 Å². The number of amides is 2. The molecule has 0 spiro atoms. The Balaban J connectivity index is 1.82. The highest BCUT2D eigenvalue weighted by molar-refractivity contribution is 5.76. The van der Waals surface area contributed by atoms with Crippen molar-refractivity contribution in [2.45, 2.75) is 44.4 Å². The zero-order valence-corrected chi connectivity index (χ0v) is 14.1. The lowest BCUT2D eigenvalue weighted by Gasteiger charge is -2.34. The summed E-state index contributed by atoms with van der Waals surface area (Å²) in [4.78, 5) is 14.6. The maximum absolute atomic E-state index is 12.8. The van der Waals surface area contributed by atoms with E-state index in [0.717, 1.165) is 18.4 Å². The van der Waals surface area contributed by atoms with E-state index in [1.165, 1.54) is 0 Å². The Kier molecular flexibility index (Phi) is 4.62. The zero-order chi connectivity index (χ0) is 17.2. The normalized spacial score (nSPS) is 19.3. The molecule has 3 rings (SSSR count). The third-order valence-electron chi connectivity index (χ3n) is 4.56. The van der Waals surface area contributed by atoms with Crippen molar-refractivity contribution >= 4 is 6.03 Å². The van der Waals surface area contributed by atoms with Gasteiger partial charge in [0.05, 0.1) is 17.9 Å². The third-order valence-corrected chi connectivity index (χ3v) is 4.56. The van der Waals surface area contributed by atoms with Crippen molar-refractivity contribution in [3.63, 3.8) is 0 Å². The quantitative estimate of drug-likeness (QED) is 0.905. The molecule has 0 bridgehead atoms. The molecule has 1 aromatic heterocycles. The van der Waals surface area contributed by atoms with Gasteiger partial charge in [0.1, 0.15) is 11.8 Å². The van der Waals surface area contributed by atoms with Gasteiger partial charge >= 0.3 is 6.03 Å². The van der Waals surface area contributed by atoms with Crippen LogP contribution < -0.4 is 5.32 Å². The van der Waals surface area contributed by atoms with Crippen molar-refractivity contribution in [3.05, 3.63) is 60.1 Å². The third kappa shape index (κ3) is 3.46. The molecular formula is C19H24N2O3. The van der Waals surface area contributed by atoms with Crippen molar-refractivity contribution in [2.24, 2.45) is 0 Å². The maximum atomic E-state index is 12.8. The Labute approximate surface area is 142 Å². The maximum Gasteiger partial charge on any atom is 0.318 e. The number of likely N-dealkylation sites (tertiary alicyclic amines) is 1. The predicted molar refractivity (Wildman–Crippen MR) is 91.6 cm³/mol. The predicted octanol–water partition coefficient (Wildman–Crippen LogP) is 3.31. The van der Waals surface area contributed by atoms with E-state index in [4.69, 9.17) is 4.42 Å². The van der Waals surface area contributed by atoms with Crippen molar-refractivity contribution in [1.29, 1.82) is 0 Å². The average molecular weight is 328 g/mol. The minimum Gasteiger partial charge on any atom is -0.467 e. The van der Waals surface area contributed by atoms with Gasteiger partial charge in [0.25, 0.3) is 0 Å². The summed E-state index contributed by atoms with van der Waals surface area (Å²) in [6.45, 7) is 4.16. The molecule has 1 saturated heterocycles. The Morgan fingerprint density at radius 2 is 2.04 bits per heavy atom. The monoisotopic (exact) mass is 328 g/mol. The van der Waals surface area contributed by atoms with Gasteiger partial charge in [-0.3, -0.25) is 0 Å². The molecule has 2 amide bonds. The molecule has 2 N–H and O–H groups in total. The summed E-state index contributed by atoms with van der Waals surface area (Å²) in [5.74, 6) is 0.688. The molecule has 1 aromatic carbocycles. The van der Waals surface area contributed by atoms with Crippen molar-refractivity contribution in [1.82, 2.24) is 10.2 Å². The second-order valence-electron chi connectivity index (χ2n) is 6.81. The first-order valence-corrected chi connectivity index (χ1v) is 8.34. The summed E-state index contributed by atoms with van der Waals surface area (Å²) in [6, 6.07) is 12.7. The molecule has 0 radical (unpaired) electrons. The smallest absolute Gasteiger partial charge is 0.318 e. The summed E-state index contributed by atoms with van der Waals surface area (Å²) in [6.07, 6.45) is 3.32. The van der Waals surface area contributed by atoms with Gasteiger partial charge in [0, 0.05) is 6.54 Å². The van der Waals surface area contributed by atoms with Crippen LogP contribution in [0.4, 0.5) is 4.79 Å². The van der Waals surface area contributed by atoms with Crippen LogP contribution in [0.25, 0.3) is 0 Å². The summed E-state index contributed by atoms with van der Waals surface area (Å²) >= 11 is 0. The lowest BCUT2D eigenvalue weighted by Crippen LogP contribution is -2.52. The molecule has 0 unspecified atom stereocenters. The highest BCUT2D eigenvalue weighted by Crippen LogP contribution is 2.28. The lowest BCUT2D eigenvalue weighted by molar-refractivity contribution is 0.00953. The molecule has 24 heavy (non-hydrogen) atoms. The van der Waals surface area contributed by atoms with Crippen LogP contribution in [0.2, 0.25) is 0 Å². The van der Waals surface area contributed by atoms with Crippen LogP contribution in [0.15, 0.2) is 53.1 Å². The number of carbonyl (C=O) groups excluding carboxylic acids is 1. The van der Waals surface area contributed by atoms with E-state index in [1.807, 2.05) is 42.5 Å². The van der Waals surface area contributed by atoms with Crippen LogP contribution in [-0.2, 0) is 0 Å². The first kappa shape index (κ1) is 16.6. The van der Waals surface area contributed by atoms with Gasteiger partial charge in [0.15, 0.2) is 0 Å². The fourth-order valence-corrected chi connectivity index (χ4v) is 3.37. The summed E-state index contributed by atoms with van der Waals surface area (Å²) in [5, 5.41) is 13.4. The molecule has 2 heterocycles. The summed E-state index contributed by atoms with van der Waals surface area (Å²) < 4.78 is 5.53. The largest absolute Gasteiger partial charge is 0.467 e. The van der Waals surface area contributed by atoms with Crippen LogP contribution in [0.3, 0.4) is 0 Å². The number of furan rings is 1. The fourth-order valence-electron chi connectivity index (χ4n) is 3.37. The van der Waals surface area contributed by atoms with Gasteiger partial charge in [-0.1, -0.05) is 30.3 Å². The highest BCUT2D eigenvalue weighted by atomic mass is 16.3. The van der Waals surface area contributed by atoms with E-state index < -0.39 is 5.60 Å². The van der Waals surface area contributed by atoms with Crippen molar-refractivity contribution in [3.8, 4) is 0 Å². The number of hydrogen-bond donors (Lipinski definition) is 2. The molecule has 128 valence electrons. The average Bonchev–Trinajstić information content (AvgIpc) is 3.23. The van der Waals surface area contributed by atoms with Gasteiger partial charge in [-0.15, -0.1) is 0 Å². The molecule has 0 saturated carbocycles. The van der Waals surface area contributed by atoms with E-state index in [9.17, 15) is 9.90 Å². The number of hydrogen-bond acceptors (Lipinski definition) is 3. The number of carbonyl (C=O) groups is 1. The minimum absolute atomic E-state index is 0.175. The second-order valence-corrected chi connectivity index (χ2v) is 6.81. The Morgan fingerprint density at radius 3 is 2.67 bits per heavy atom. The fraction of sp³-hybridized carbons (Fsp3) is 0.421. The van der Waals surface area contributed by atoms with E-state index in [-0.39, 0.29) is 18.1 Å². The van der Waals surface area contributed by atoms with Crippen LogP contribution in [0.1, 0.15) is 44.1 Å². The first-order chi connectivity index (χ1) is 11.5. The molecule has 1 aliphatic rings. The van der Waals surface area contributed by atoms with Gasteiger partial charge < -0.3 is 19.7 Å². The first-order valence-electron chi connectivity index (χ1n) is 8.34. The number of nitrogens with zero attached hydrogens (tertiary/aromatic N) is 1. The minimum atomic E-state index is -0.916. The van der Waals surface area contributed by atoms with E-state index in [0.29, 0.717) is 12.3 Å². The number of nitrogens with one attached hydrogen (secondary N) is 1. The summed E-state index contributed by atoms with van der Waals surface area (Å²) in [7, 11) is 0. The Morgan fingerprint density at radius 1 is 1.29 bits per heavy atom. The van der Waals surface area contributed by atoms with Gasteiger partial charge in [-0.05, 0) is 44.4 Å². The molecule has 2 aromatic rings. The van der Waals surface area contributed by atoms with Crippen LogP contribution in [0.5, 0.6) is 0 Å². The van der Waals surface area contributed by atoms with Gasteiger partial charge in [0.2, 0.25) is 0 Å². The standard InChI is InChI=1S/C19H24N2O3/c1-19(2,23)16-11-6-12-21(16)18(22)20-17(15-10-7-13-24-15)14-8-4-3-5-9-14/h3-5,7-10,13,16-17,23H,6,11-12H2,1-2H3,(H,20,22)/t16-,17+/m1/s1. The lowest BCUT2D eigenvalue weighted by atomic mass is 9.97. The van der Waals surface area contributed by atoms with Crippen LogP contribution in [0, 0.1) is 0 Å². The van der Waals surface area contributed by atoms with Crippen LogP contribution >= 0.6 is 0 Å².